The zero-order chi connectivity index (χ0) is 21.6. The minimum absolute atomic E-state index is 0.0191. The number of benzene rings is 2. The molecule has 1 N–H and O–H groups in total. The van der Waals surface area contributed by atoms with Gasteiger partial charge in [-0.25, -0.2) is 4.79 Å². The summed E-state index contributed by atoms with van der Waals surface area (Å²) >= 11 is 0. The van der Waals surface area contributed by atoms with Crippen molar-refractivity contribution in [2.75, 3.05) is 20.3 Å². The molecule has 0 spiro atoms. The number of methoxy groups -OCH3 is 1. The summed E-state index contributed by atoms with van der Waals surface area (Å²) in [6.07, 6.45) is 0.553. The van der Waals surface area contributed by atoms with E-state index >= 15 is 0 Å². The van der Waals surface area contributed by atoms with E-state index in [4.69, 9.17) is 4.74 Å². The third kappa shape index (κ3) is 5.78. The van der Waals surface area contributed by atoms with E-state index in [1.54, 1.807) is 0 Å². The van der Waals surface area contributed by atoms with Crippen LogP contribution in [-0.4, -0.2) is 37.1 Å². The molecule has 0 aliphatic heterocycles. The van der Waals surface area contributed by atoms with Gasteiger partial charge in [0.15, 0.2) is 0 Å². The van der Waals surface area contributed by atoms with Crippen LogP contribution in [0, 0.1) is 30.9 Å². The molecule has 0 saturated carbocycles. The number of ether oxygens (including phenoxy) is 2. The summed E-state index contributed by atoms with van der Waals surface area (Å²) in [4.78, 5) is 34.4. The average Bonchev–Trinajstić information content (AvgIpc) is 2.69. The number of esters is 1. The number of nitro benzene ring substituents is 1. The fourth-order valence-corrected chi connectivity index (χ4v) is 2.79. The van der Waals surface area contributed by atoms with Crippen molar-refractivity contribution in [2.24, 2.45) is 0 Å². The summed E-state index contributed by atoms with van der Waals surface area (Å²) in [5, 5.41) is 13.7. The van der Waals surface area contributed by atoms with Gasteiger partial charge in [-0.05, 0) is 56.0 Å². The first kappa shape index (κ1) is 21.9. The van der Waals surface area contributed by atoms with E-state index in [1.165, 1.54) is 13.2 Å². The summed E-state index contributed by atoms with van der Waals surface area (Å²) in [6, 6.07) is 7.52. The number of hydrogen-bond acceptors (Lipinski definition) is 6. The smallest absolute Gasteiger partial charge is 0.338 e. The van der Waals surface area contributed by atoms with Gasteiger partial charge in [0, 0.05) is 24.2 Å². The predicted octanol–water partition coefficient (Wildman–Crippen LogP) is 3.51. The summed E-state index contributed by atoms with van der Waals surface area (Å²) in [5.41, 5.74) is 2.95. The molecule has 0 bridgehead atoms. The van der Waals surface area contributed by atoms with Gasteiger partial charge in [-0.2, -0.15) is 0 Å². The van der Waals surface area contributed by atoms with E-state index in [0.717, 1.165) is 34.6 Å². The maximum absolute atomic E-state index is 12.3. The summed E-state index contributed by atoms with van der Waals surface area (Å²) in [7, 11) is 1.17. The van der Waals surface area contributed by atoms with Crippen molar-refractivity contribution in [1.29, 1.82) is 0 Å². The van der Waals surface area contributed by atoms with Crippen molar-refractivity contribution < 1.29 is 24.0 Å². The Morgan fingerprint density at radius 2 is 1.76 bits per heavy atom. The van der Waals surface area contributed by atoms with Gasteiger partial charge in [0.2, 0.25) is 0 Å². The largest absolute Gasteiger partial charge is 0.493 e. The highest BCUT2D eigenvalue weighted by Crippen LogP contribution is 2.23. The molecule has 0 atom stereocenters. The molecule has 0 unspecified atom stereocenters. The average molecular weight is 400 g/mol. The third-order valence-corrected chi connectivity index (χ3v) is 4.44. The fourth-order valence-electron chi connectivity index (χ4n) is 2.79. The van der Waals surface area contributed by atoms with Gasteiger partial charge in [0.1, 0.15) is 5.75 Å². The second-order valence-electron chi connectivity index (χ2n) is 6.68. The maximum Gasteiger partial charge on any atom is 0.338 e. The molecular formula is C21H24N2O6. The van der Waals surface area contributed by atoms with E-state index in [-0.39, 0.29) is 16.8 Å². The lowest BCUT2D eigenvalue weighted by Gasteiger charge is -2.12. The first-order valence-electron chi connectivity index (χ1n) is 9.09. The lowest BCUT2D eigenvalue weighted by atomic mass is 10.1. The van der Waals surface area contributed by atoms with Crippen molar-refractivity contribution in [3.8, 4) is 5.75 Å². The standard InChI is InChI=1S/C21H24N2O6/c1-13-8-14(2)15(3)19(9-13)29-7-5-6-22-20(24)16-10-17(21(25)28-4)12-18(11-16)23(26)27/h8-12H,5-7H2,1-4H3,(H,22,24). The Bertz CT molecular complexity index is 939. The molecule has 1 amide bonds. The molecule has 0 aliphatic carbocycles. The highest BCUT2D eigenvalue weighted by atomic mass is 16.6. The van der Waals surface area contributed by atoms with Crippen LogP contribution in [0.4, 0.5) is 5.69 Å². The fraction of sp³-hybridized carbons (Fsp3) is 0.333. The van der Waals surface area contributed by atoms with Crippen LogP contribution < -0.4 is 10.1 Å². The highest BCUT2D eigenvalue weighted by molar-refractivity contribution is 5.98. The monoisotopic (exact) mass is 400 g/mol. The molecule has 8 heteroatoms. The topological polar surface area (TPSA) is 108 Å². The van der Waals surface area contributed by atoms with Crippen molar-refractivity contribution >= 4 is 17.6 Å². The van der Waals surface area contributed by atoms with Gasteiger partial charge in [-0.15, -0.1) is 0 Å². The zero-order valence-electron chi connectivity index (χ0n) is 16.9. The van der Waals surface area contributed by atoms with Crippen LogP contribution in [0.25, 0.3) is 0 Å². The maximum atomic E-state index is 12.3. The van der Waals surface area contributed by atoms with Crippen LogP contribution in [0.3, 0.4) is 0 Å². The lowest BCUT2D eigenvalue weighted by molar-refractivity contribution is -0.384. The number of nitrogens with zero attached hydrogens (tertiary/aromatic N) is 1. The summed E-state index contributed by atoms with van der Waals surface area (Å²) < 4.78 is 10.4. The molecule has 29 heavy (non-hydrogen) atoms. The number of hydrogen-bond donors (Lipinski definition) is 1. The van der Waals surface area contributed by atoms with Gasteiger partial charge in [-0.3, -0.25) is 14.9 Å². The molecule has 2 rings (SSSR count). The van der Waals surface area contributed by atoms with E-state index in [9.17, 15) is 19.7 Å². The van der Waals surface area contributed by atoms with E-state index in [0.29, 0.717) is 19.6 Å². The zero-order valence-corrected chi connectivity index (χ0v) is 16.9. The molecule has 2 aromatic carbocycles. The lowest BCUT2D eigenvalue weighted by Crippen LogP contribution is -2.26. The highest BCUT2D eigenvalue weighted by Gasteiger charge is 2.18. The predicted molar refractivity (Wildman–Crippen MR) is 108 cm³/mol. The van der Waals surface area contributed by atoms with Crippen LogP contribution in [0.15, 0.2) is 30.3 Å². The molecule has 154 valence electrons. The Labute approximate surface area is 169 Å². The van der Waals surface area contributed by atoms with Crippen molar-refractivity contribution in [3.05, 3.63) is 68.3 Å². The number of aryl methyl sites for hydroxylation is 2. The van der Waals surface area contributed by atoms with E-state index in [1.807, 2.05) is 26.8 Å². The molecule has 2 aromatic rings. The molecule has 0 fully saturated rings. The Balaban J connectivity index is 1.95. The second kappa shape index (κ2) is 9.68. The normalized spacial score (nSPS) is 10.3. The van der Waals surface area contributed by atoms with Gasteiger partial charge < -0.3 is 14.8 Å². The van der Waals surface area contributed by atoms with Gasteiger partial charge in [-0.1, -0.05) is 6.07 Å². The Kier molecular flexibility index (Phi) is 7.30. The molecule has 0 heterocycles. The molecule has 0 aromatic heterocycles. The second-order valence-corrected chi connectivity index (χ2v) is 6.68. The SMILES string of the molecule is COC(=O)c1cc(C(=O)NCCCOc2cc(C)cc(C)c2C)cc([N+](=O)[O-])c1. The van der Waals surface area contributed by atoms with Crippen molar-refractivity contribution in [1.82, 2.24) is 5.32 Å². The molecule has 0 radical (unpaired) electrons. The molecule has 0 aliphatic rings. The van der Waals surface area contributed by atoms with Gasteiger partial charge in [0.25, 0.3) is 11.6 Å². The number of nitro groups is 1. The molecule has 0 saturated heterocycles. The minimum Gasteiger partial charge on any atom is -0.493 e. The molecular weight excluding hydrogens is 376 g/mol. The minimum atomic E-state index is -0.750. The van der Waals surface area contributed by atoms with Crippen LogP contribution in [0.5, 0.6) is 5.75 Å². The molecule has 8 nitrogen and oxygen atoms in total. The van der Waals surface area contributed by atoms with Crippen molar-refractivity contribution in [3.63, 3.8) is 0 Å². The Morgan fingerprint density at radius 3 is 2.41 bits per heavy atom. The number of rotatable bonds is 8. The van der Waals surface area contributed by atoms with Gasteiger partial charge in [0.05, 0.1) is 24.2 Å². The van der Waals surface area contributed by atoms with Crippen LogP contribution in [-0.2, 0) is 4.74 Å². The van der Waals surface area contributed by atoms with E-state index < -0.39 is 16.8 Å². The number of carbonyl (C=O) groups is 2. The Hall–Kier alpha value is -3.42. The number of nitrogens with one attached hydrogen (secondary N) is 1. The van der Waals surface area contributed by atoms with Crippen molar-refractivity contribution in [2.45, 2.75) is 27.2 Å². The first-order chi connectivity index (χ1) is 13.7. The summed E-state index contributed by atoms with van der Waals surface area (Å²) in [5.74, 6) is -0.448. The first-order valence-corrected chi connectivity index (χ1v) is 9.09. The van der Waals surface area contributed by atoms with E-state index in [2.05, 4.69) is 16.1 Å². The summed E-state index contributed by atoms with van der Waals surface area (Å²) in [6.45, 7) is 6.75. The third-order valence-electron chi connectivity index (χ3n) is 4.44. The number of amides is 1. The quantitative estimate of drug-likeness (QED) is 0.314. The van der Waals surface area contributed by atoms with Crippen LogP contribution in [0.2, 0.25) is 0 Å². The van der Waals surface area contributed by atoms with Crippen LogP contribution in [0.1, 0.15) is 43.8 Å². The number of non-ortho nitro benzene ring substituents is 1. The van der Waals surface area contributed by atoms with Gasteiger partial charge >= 0.3 is 5.97 Å². The number of carbonyl (C=O) groups excluding carboxylic acids is 2. The Morgan fingerprint density at radius 1 is 1.07 bits per heavy atom. The van der Waals surface area contributed by atoms with Crippen LogP contribution >= 0.6 is 0 Å².